The Labute approximate surface area is 27.7 Å². The highest BCUT2D eigenvalue weighted by atomic mass is 16.4. The number of nitrogens with zero attached hydrogens (tertiary/aromatic N) is 2. The lowest BCUT2D eigenvalue weighted by Crippen LogP contribution is -2.14. The Morgan fingerprint density at radius 1 is 2.00 bits per heavy atom. The van der Waals surface area contributed by atoms with Crippen molar-refractivity contribution in [2.45, 2.75) is 0 Å². The molecular weight excluding hydrogens is 72.0 g/mol. The average molecular weight is 72.0 g/mol. The van der Waals surface area contributed by atoms with E-state index >= 15 is 0 Å². The van der Waals surface area contributed by atoms with E-state index in [1.54, 1.807) is 4.98 Å². The lowest BCUT2D eigenvalue weighted by atomic mass is 11.3. The van der Waals surface area contributed by atoms with Gasteiger partial charge in [0.05, 0.1) is 0 Å². The van der Waals surface area contributed by atoms with E-state index < -0.39 is 6.09 Å². The molecule has 0 fully saturated rings. The highest BCUT2D eigenvalue weighted by molar-refractivity contribution is 5.72. The van der Waals surface area contributed by atoms with E-state index in [1.807, 2.05) is 0 Å². The Bertz CT molecular complexity index is 80.1. The van der Waals surface area contributed by atoms with E-state index in [-0.39, 0.29) is 0 Å². The molecule has 0 aromatic carbocycles. The van der Waals surface area contributed by atoms with Crippen molar-refractivity contribution in [2.75, 3.05) is 0 Å². The molecule has 0 unspecified atom stereocenters. The molecule has 0 spiro atoms. The van der Waals surface area contributed by atoms with Gasteiger partial charge in [-0.15, -0.1) is 0 Å². The van der Waals surface area contributed by atoms with Crippen molar-refractivity contribution < 1.29 is 9.90 Å². The van der Waals surface area contributed by atoms with Crippen LogP contribution >= 0.6 is 0 Å². The summed E-state index contributed by atoms with van der Waals surface area (Å²) in [5.74, 6) is 0. The molecule has 0 aliphatic carbocycles. The summed E-state index contributed by atoms with van der Waals surface area (Å²) in [6.07, 6.45) is -1.81. The van der Waals surface area contributed by atoms with Crippen LogP contribution in [0.5, 0.6) is 0 Å². The first kappa shape index (κ1) is 3.89. The zero-order chi connectivity index (χ0) is 4.28. The van der Waals surface area contributed by atoms with E-state index in [2.05, 4.69) is 0 Å². The maximum absolute atomic E-state index is 8.84. The molecule has 5 heavy (non-hydrogen) atoms. The number of rotatable bonds is 0. The van der Waals surface area contributed by atoms with Crippen LogP contribution in [-0.4, -0.2) is 6.09 Å². The Kier molecular flexibility index (Phi) is 0.962. The van der Waals surface area contributed by atoms with Gasteiger partial charge < -0.3 is 9.90 Å². The van der Waals surface area contributed by atoms with Gasteiger partial charge in [-0.25, -0.2) is 0 Å². The first-order chi connectivity index (χ1) is 2.27. The molecule has 1 amide bonds. The van der Waals surface area contributed by atoms with Crippen LogP contribution in [0.3, 0.4) is 0 Å². The lowest BCUT2D eigenvalue weighted by Gasteiger charge is -1.53. The zero-order valence-electron chi connectivity index (χ0n) is 2.21. The Morgan fingerprint density at radius 3 is 2.20 bits per heavy atom. The molecule has 4 nitrogen and oxygen atoms in total. The highest BCUT2D eigenvalue weighted by Crippen LogP contribution is 1.53. The largest absolute Gasteiger partial charge is 0.529 e. The topological polar surface area (TPSA) is 68.3 Å². The molecule has 0 atom stereocenters. The minimum absolute atomic E-state index is 1.69. The van der Waals surface area contributed by atoms with Gasteiger partial charge in [0, 0.05) is 0 Å². The van der Waals surface area contributed by atoms with Gasteiger partial charge in [0.25, 0.3) is 0 Å². The van der Waals surface area contributed by atoms with Gasteiger partial charge in [0.1, 0.15) is 0 Å². The third kappa shape index (κ3) is 2.89. The molecule has 0 N–H and O–H groups in total. The summed E-state index contributed by atoms with van der Waals surface area (Å²) < 4.78 is 0. The number of carbonyl (C=O) groups excluding carboxylic acids is 1. The van der Waals surface area contributed by atoms with Crippen LogP contribution < -0.4 is 5.11 Å². The minimum atomic E-state index is -1.81. The van der Waals surface area contributed by atoms with Crippen molar-refractivity contribution >= 4 is 6.09 Å². The number of hydrogen-bond acceptors (Lipinski definition) is 3. The van der Waals surface area contributed by atoms with Crippen LogP contribution in [0.4, 0.5) is 4.79 Å². The van der Waals surface area contributed by atoms with Gasteiger partial charge in [-0.1, -0.05) is 0 Å². The third-order valence-corrected chi connectivity index (χ3v) is 0.0816. The summed E-state index contributed by atoms with van der Waals surface area (Å²) in [5, 5.41) is 15.9. The van der Waals surface area contributed by atoms with Crippen LogP contribution in [0.25, 0.3) is 4.98 Å². The number of carbonyl (C=O) groups is 1. The summed E-state index contributed by atoms with van der Waals surface area (Å²) in [5.41, 5.74) is 0. The molecule has 0 aromatic heterocycles. The second kappa shape index (κ2) is 1.24. The quantitative estimate of drug-likeness (QED) is 0.351. The Morgan fingerprint density at radius 2 is 2.20 bits per heavy atom. The van der Waals surface area contributed by atoms with Crippen LogP contribution in [0.15, 0.2) is 0 Å². The second-order valence-corrected chi connectivity index (χ2v) is 0.366. The predicted molar refractivity (Wildman–Crippen MR) is 10.5 cm³/mol. The van der Waals surface area contributed by atoms with E-state index in [0.29, 0.717) is 0 Å². The predicted octanol–water partition coefficient (Wildman–Crippen LogP) is -0.817. The summed E-state index contributed by atoms with van der Waals surface area (Å²) in [6, 6.07) is 0. The monoisotopic (exact) mass is 72.0 g/mol. The average Bonchev–Trinajstić information content (AvgIpc) is 1.38. The van der Waals surface area contributed by atoms with E-state index in [4.69, 9.17) is 15.3 Å². The maximum atomic E-state index is 8.84. The van der Waals surface area contributed by atoms with Gasteiger partial charge in [-0.2, -0.15) is 0 Å². The van der Waals surface area contributed by atoms with E-state index in [0.717, 1.165) is 0 Å². The summed E-state index contributed by atoms with van der Waals surface area (Å²) in [4.78, 5) is 10.5. The second-order valence-electron chi connectivity index (χ2n) is 0.366. The highest BCUT2D eigenvalue weighted by Gasteiger charge is 1.86. The lowest BCUT2D eigenvalue weighted by molar-refractivity contribution is -0.240. The van der Waals surface area contributed by atoms with Crippen molar-refractivity contribution in [3.63, 3.8) is 0 Å². The van der Waals surface area contributed by atoms with Gasteiger partial charge in [-0.05, 0) is 0 Å². The standard InChI is InChI=1S/CN2O2/c2-3-1(4)5. The molecule has 0 saturated heterocycles. The summed E-state index contributed by atoms with van der Waals surface area (Å²) in [6.45, 7) is 0. The maximum Gasteiger partial charge on any atom is 0.529 e. The van der Waals surface area contributed by atoms with Crippen molar-refractivity contribution in [2.24, 2.45) is 0 Å². The molecule has 0 heterocycles. The first-order valence-electron chi connectivity index (χ1n) is 0.832. The Hall–Kier alpha value is -1.11. The van der Waals surface area contributed by atoms with Crippen LogP contribution in [-0.2, 0) is 0 Å². The van der Waals surface area contributed by atoms with Gasteiger partial charge in [-0.3, -0.25) is 0 Å². The van der Waals surface area contributed by atoms with E-state index in [1.165, 1.54) is 0 Å². The number of carboxylic acid groups (broad SMARTS) is 1. The van der Waals surface area contributed by atoms with Gasteiger partial charge in [0.15, 0.2) is 4.98 Å². The normalized spacial score (nSPS) is 5.40. The molecule has 0 rings (SSSR count). The number of hydrogen-bond donors (Lipinski definition) is 0. The van der Waals surface area contributed by atoms with Crippen molar-refractivity contribution in [3.05, 3.63) is 4.98 Å². The van der Waals surface area contributed by atoms with Crippen LogP contribution in [0.2, 0.25) is 0 Å². The molecule has 0 aliphatic heterocycles. The molecule has 0 saturated carbocycles. The number of diazo groups is 1. The van der Waals surface area contributed by atoms with E-state index in [9.17, 15) is 0 Å². The summed E-state index contributed by atoms with van der Waals surface area (Å²) in [7, 11) is 0. The molecule has 0 bridgehead atoms. The minimum Gasteiger partial charge on any atom is -0.472 e. The fraction of sp³-hybridized carbons (Fsp3) is 0. The van der Waals surface area contributed by atoms with Crippen LogP contribution in [0.1, 0.15) is 0 Å². The fourth-order valence-electron chi connectivity index (χ4n) is 0. The smallest absolute Gasteiger partial charge is 0.472 e. The zero-order valence-corrected chi connectivity index (χ0v) is 2.21. The SMILES string of the molecule is N#[N+]C(=O)[O-]. The van der Waals surface area contributed by atoms with Gasteiger partial charge in [0.2, 0.25) is 5.39 Å². The van der Waals surface area contributed by atoms with Crippen molar-refractivity contribution in [1.82, 2.24) is 0 Å². The molecule has 26 valence electrons. The molecular formula is CN2O2. The van der Waals surface area contributed by atoms with Crippen LogP contribution in [0, 0.1) is 5.39 Å². The molecule has 0 radical (unpaired) electrons. The summed E-state index contributed by atoms with van der Waals surface area (Å²) >= 11 is 0. The molecule has 4 heteroatoms. The first-order valence-corrected chi connectivity index (χ1v) is 0.832. The number of amides is 1. The van der Waals surface area contributed by atoms with Gasteiger partial charge >= 0.3 is 6.09 Å². The fourth-order valence-corrected chi connectivity index (χ4v) is 0. The molecule has 0 aliphatic rings. The Balaban J connectivity index is 3.35. The third-order valence-electron chi connectivity index (χ3n) is 0.0816. The van der Waals surface area contributed by atoms with Crippen molar-refractivity contribution in [1.29, 1.82) is 5.39 Å². The van der Waals surface area contributed by atoms with Crippen molar-refractivity contribution in [3.8, 4) is 0 Å². The molecule has 0 aromatic rings.